The standard InChI is InChI=1S/C20H22N3/c1-15-10-17(19-11-22-20-18(19)8-5-9-21-20)14-23(12-15)13-16-6-3-2-4-7-16/h2-8,10-11,15,21H,9,12-14H2,1H3/t15-/m0/s1. The Morgan fingerprint density at radius 1 is 1.22 bits per heavy atom. The zero-order valence-corrected chi connectivity index (χ0v) is 13.5. The van der Waals surface area contributed by atoms with Crippen molar-refractivity contribution in [2.75, 3.05) is 19.6 Å². The molecule has 23 heavy (non-hydrogen) atoms. The molecule has 3 nitrogen and oxygen atoms in total. The van der Waals surface area contributed by atoms with Crippen molar-refractivity contribution in [3.63, 3.8) is 0 Å². The molecule has 0 spiro atoms. The van der Waals surface area contributed by atoms with Gasteiger partial charge in [0.2, 0.25) is 0 Å². The zero-order chi connectivity index (χ0) is 15.6. The summed E-state index contributed by atoms with van der Waals surface area (Å²) < 4.78 is 0. The molecule has 0 unspecified atom stereocenters. The molecule has 0 fully saturated rings. The maximum atomic E-state index is 4.54. The van der Waals surface area contributed by atoms with Crippen LogP contribution in [0.5, 0.6) is 0 Å². The van der Waals surface area contributed by atoms with E-state index < -0.39 is 0 Å². The number of hydrogen-bond donors (Lipinski definition) is 1. The van der Waals surface area contributed by atoms with Gasteiger partial charge in [0, 0.05) is 43.5 Å². The molecular weight excluding hydrogens is 282 g/mol. The minimum absolute atomic E-state index is 0.563. The minimum atomic E-state index is 0.563. The lowest BCUT2D eigenvalue weighted by molar-refractivity contribution is 0.252. The molecule has 0 saturated carbocycles. The van der Waals surface area contributed by atoms with Crippen LogP contribution in [0.4, 0.5) is 0 Å². The first-order valence-corrected chi connectivity index (χ1v) is 8.33. The first-order chi connectivity index (χ1) is 11.3. The minimum Gasteiger partial charge on any atom is -0.294 e. The van der Waals surface area contributed by atoms with Crippen LogP contribution in [0.15, 0.2) is 70.3 Å². The zero-order valence-electron chi connectivity index (χ0n) is 13.5. The summed E-state index contributed by atoms with van der Waals surface area (Å²) in [6, 6.07) is 10.7. The lowest BCUT2D eigenvalue weighted by Crippen LogP contribution is -2.34. The highest BCUT2D eigenvalue weighted by molar-refractivity contribution is 5.92. The third-order valence-electron chi connectivity index (χ3n) is 4.56. The van der Waals surface area contributed by atoms with Crippen LogP contribution >= 0.6 is 0 Å². The van der Waals surface area contributed by atoms with E-state index in [1.807, 2.05) is 6.21 Å². The number of nitrogens with one attached hydrogen (secondary N) is 1. The molecule has 1 aromatic rings. The molecule has 0 saturated heterocycles. The van der Waals surface area contributed by atoms with Gasteiger partial charge in [0.05, 0.1) is 0 Å². The Labute approximate surface area is 138 Å². The second-order valence-electron chi connectivity index (χ2n) is 6.54. The molecule has 3 heteroatoms. The molecule has 1 aromatic carbocycles. The predicted molar refractivity (Wildman–Crippen MR) is 94.9 cm³/mol. The lowest BCUT2D eigenvalue weighted by Gasteiger charge is -2.31. The molecule has 0 aliphatic carbocycles. The molecule has 1 radical (unpaired) electrons. The van der Waals surface area contributed by atoms with Gasteiger partial charge in [-0.25, -0.2) is 0 Å². The van der Waals surface area contributed by atoms with Crippen molar-refractivity contribution in [1.82, 2.24) is 10.2 Å². The summed E-state index contributed by atoms with van der Waals surface area (Å²) >= 11 is 0. The maximum Gasteiger partial charge on any atom is 0.180 e. The van der Waals surface area contributed by atoms with Crippen LogP contribution in [-0.4, -0.2) is 30.7 Å². The van der Waals surface area contributed by atoms with Crippen LogP contribution in [0.2, 0.25) is 0 Å². The molecule has 0 amide bonds. The summed E-state index contributed by atoms with van der Waals surface area (Å²) in [5, 5.41) is 3.35. The fourth-order valence-electron chi connectivity index (χ4n) is 3.59. The van der Waals surface area contributed by atoms with Gasteiger partial charge in [-0.15, -0.1) is 0 Å². The Balaban J connectivity index is 1.56. The van der Waals surface area contributed by atoms with Gasteiger partial charge in [0.25, 0.3) is 0 Å². The topological polar surface area (TPSA) is 27.6 Å². The molecule has 4 rings (SSSR count). The predicted octanol–water partition coefficient (Wildman–Crippen LogP) is 3.09. The molecule has 1 N–H and O–H groups in total. The van der Waals surface area contributed by atoms with Gasteiger partial charge in [-0.1, -0.05) is 55.5 Å². The van der Waals surface area contributed by atoms with E-state index in [9.17, 15) is 0 Å². The van der Waals surface area contributed by atoms with Gasteiger partial charge in [0.1, 0.15) is 0 Å². The van der Waals surface area contributed by atoms with E-state index in [1.54, 1.807) is 0 Å². The first kappa shape index (κ1) is 14.6. The number of hydrogen-bond acceptors (Lipinski definition) is 3. The molecule has 1 atom stereocenters. The first-order valence-electron chi connectivity index (χ1n) is 8.33. The Morgan fingerprint density at radius 2 is 2.09 bits per heavy atom. The van der Waals surface area contributed by atoms with Crippen molar-refractivity contribution >= 4 is 6.21 Å². The molecular formula is C20H22N3. The fourth-order valence-corrected chi connectivity index (χ4v) is 3.59. The quantitative estimate of drug-likeness (QED) is 0.929. The van der Waals surface area contributed by atoms with Crippen molar-refractivity contribution < 1.29 is 0 Å². The molecule has 3 heterocycles. The van der Waals surface area contributed by atoms with Gasteiger partial charge in [-0.05, 0) is 17.1 Å². The second kappa shape index (κ2) is 6.26. The summed E-state index contributed by atoms with van der Waals surface area (Å²) in [5.74, 6) is 0.563. The van der Waals surface area contributed by atoms with E-state index >= 15 is 0 Å². The van der Waals surface area contributed by atoms with Crippen LogP contribution in [0.25, 0.3) is 0 Å². The molecule has 0 bridgehead atoms. The van der Waals surface area contributed by atoms with Crippen LogP contribution in [0.1, 0.15) is 12.5 Å². The van der Waals surface area contributed by atoms with Crippen LogP contribution in [0.3, 0.4) is 0 Å². The van der Waals surface area contributed by atoms with Gasteiger partial charge >= 0.3 is 0 Å². The van der Waals surface area contributed by atoms with Gasteiger partial charge in [-0.2, -0.15) is 0 Å². The summed E-state index contributed by atoms with van der Waals surface area (Å²) in [4.78, 5) is 7.08. The number of fused-ring (bicyclic) bond motifs is 1. The molecule has 3 aliphatic heterocycles. The van der Waals surface area contributed by atoms with E-state index in [2.05, 4.69) is 70.7 Å². The highest BCUT2D eigenvalue weighted by Gasteiger charge is 2.27. The van der Waals surface area contributed by atoms with E-state index in [-0.39, 0.29) is 0 Å². The summed E-state index contributed by atoms with van der Waals surface area (Å²) in [5.41, 5.74) is 5.32. The average Bonchev–Trinajstić information content (AvgIpc) is 2.99. The highest BCUT2D eigenvalue weighted by Crippen LogP contribution is 2.32. The summed E-state index contributed by atoms with van der Waals surface area (Å²) in [7, 11) is 0. The second-order valence-corrected chi connectivity index (χ2v) is 6.54. The Hall–Kier alpha value is -1.97. The maximum absolute atomic E-state index is 4.54. The van der Waals surface area contributed by atoms with Gasteiger partial charge in [0.15, 0.2) is 6.17 Å². The van der Waals surface area contributed by atoms with E-state index in [0.29, 0.717) is 5.92 Å². The number of benzene rings is 1. The van der Waals surface area contributed by atoms with Crippen molar-refractivity contribution in [2.24, 2.45) is 10.9 Å². The summed E-state index contributed by atoms with van der Waals surface area (Å²) in [6.45, 7) is 6.29. The normalized spacial score (nSPS) is 24.9. The Bertz CT molecular complexity index is 697. The SMILES string of the molecule is C[C@H]1C=C(C2=C3C=CCN[C]3N=C2)CN(Cc2ccccc2)C1. The highest BCUT2D eigenvalue weighted by atomic mass is 15.1. The van der Waals surface area contributed by atoms with Crippen LogP contribution in [-0.2, 0) is 6.54 Å². The van der Waals surface area contributed by atoms with E-state index in [0.717, 1.165) is 32.3 Å². The van der Waals surface area contributed by atoms with Crippen molar-refractivity contribution in [1.29, 1.82) is 0 Å². The number of nitrogens with zero attached hydrogens (tertiary/aromatic N) is 2. The molecule has 117 valence electrons. The van der Waals surface area contributed by atoms with Crippen molar-refractivity contribution in [3.8, 4) is 0 Å². The van der Waals surface area contributed by atoms with Crippen molar-refractivity contribution in [3.05, 3.63) is 77.0 Å². The number of aliphatic imine (C=N–C) groups is 1. The van der Waals surface area contributed by atoms with E-state index in [1.165, 1.54) is 22.3 Å². The van der Waals surface area contributed by atoms with Gasteiger partial charge < -0.3 is 0 Å². The monoisotopic (exact) mass is 304 g/mol. The average molecular weight is 304 g/mol. The fraction of sp³-hybridized carbons (Fsp3) is 0.300. The largest absolute Gasteiger partial charge is 0.294 e. The Morgan fingerprint density at radius 3 is 2.96 bits per heavy atom. The third kappa shape index (κ3) is 3.07. The molecule has 0 aromatic heterocycles. The Kier molecular flexibility index (Phi) is 3.98. The molecule has 3 aliphatic rings. The van der Waals surface area contributed by atoms with Crippen molar-refractivity contribution in [2.45, 2.75) is 13.5 Å². The van der Waals surface area contributed by atoms with Crippen LogP contribution < -0.4 is 5.32 Å². The van der Waals surface area contributed by atoms with E-state index in [4.69, 9.17) is 0 Å². The lowest BCUT2D eigenvalue weighted by atomic mass is 9.92. The van der Waals surface area contributed by atoms with Crippen LogP contribution in [0, 0.1) is 12.1 Å². The van der Waals surface area contributed by atoms with Gasteiger partial charge in [-0.3, -0.25) is 15.2 Å². The smallest absolute Gasteiger partial charge is 0.180 e. The summed E-state index contributed by atoms with van der Waals surface area (Å²) in [6.07, 6.45) is 9.84. The third-order valence-corrected chi connectivity index (χ3v) is 4.56. The number of rotatable bonds is 3.